The topological polar surface area (TPSA) is 59.8 Å². The summed E-state index contributed by atoms with van der Waals surface area (Å²) in [6, 6.07) is 18.0. The molecule has 0 aliphatic rings. The number of aromatic nitrogens is 3. The minimum Gasteiger partial charge on any atom is -0.349 e. The second-order valence-corrected chi connectivity index (χ2v) is 7.50. The predicted molar refractivity (Wildman–Crippen MR) is 114 cm³/mol. The zero-order valence-electron chi connectivity index (χ0n) is 16.1. The number of nitrogens with zero attached hydrogens (tertiary/aromatic N) is 3. The Morgan fingerprint density at radius 3 is 2.57 bits per heavy atom. The highest BCUT2D eigenvalue weighted by Gasteiger charge is 2.16. The molecule has 144 valence electrons. The molecule has 3 aromatic rings. The van der Waals surface area contributed by atoms with E-state index in [0.717, 1.165) is 17.0 Å². The van der Waals surface area contributed by atoms with Crippen molar-refractivity contribution in [3.05, 3.63) is 78.4 Å². The number of aryl methyl sites for hydroxylation is 1. The fourth-order valence-corrected chi connectivity index (χ4v) is 3.60. The highest BCUT2D eigenvalue weighted by atomic mass is 32.2. The molecule has 1 aromatic heterocycles. The van der Waals surface area contributed by atoms with Gasteiger partial charge in [0, 0.05) is 12.1 Å². The molecule has 1 atom stereocenters. The van der Waals surface area contributed by atoms with Gasteiger partial charge in [0.25, 0.3) is 0 Å². The van der Waals surface area contributed by atoms with E-state index in [9.17, 15) is 4.79 Å². The van der Waals surface area contributed by atoms with Crippen molar-refractivity contribution in [2.45, 2.75) is 31.6 Å². The summed E-state index contributed by atoms with van der Waals surface area (Å²) in [5, 5.41) is 12.4. The van der Waals surface area contributed by atoms with Gasteiger partial charge in [0.1, 0.15) is 0 Å². The Morgan fingerprint density at radius 1 is 1.18 bits per heavy atom. The first-order valence-corrected chi connectivity index (χ1v) is 10.1. The van der Waals surface area contributed by atoms with Crippen molar-refractivity contribution in [1.29, 1.82) is 0 Å². The summed E-state index contributed by atoms with van der Waals surface area (Å²) in [6.07, 6.45) is 1.81. The van der Waals surface area contributed by atoms with Crippen LogP contribution in [0.25, 0.3) is 11.4 Å². The minimum atomic E-state index is -0.0385. The van der Waals surface area contributed by atoms with Crippen LogP contribution in [-0.4, -0.2) is 26.4 Å². The van der Waals surface area contributed by atoms with Crippen LogP contribution in [-0.2, 0) is 11.3 Å². The molecule has 1 amide bonds. The van der Waals surface area contributed by atoms with Crippen LogP contribution in [0.1, 0.15) is 24.1 Å². The van der Waals surface area contributed by atoms with Crippen LogP contribution in [0.3, 0.4) is 0 Å². The minimum absolute atomic E-state index is 0.0357. The maximum Gasteiger partial charge on any atom is 0.230 e. The van der Waals surface area contributed by atoms with Gasteiger partial charge in [-0.05, 0) is 19.4 Å². The zero-order chi connectivity index (χ0) is 19.9. The fraction of sp³-hybridized carbons (Fsp3) is 0.227. The van der Waals surface area contributed by atoms with Gasteiger partial charge in [0.2, 0.25) is 5.91 Å². The molecule has 5 nitrogen and oxygen atoms in total. The second-order valence-electron chi connectivity index (χ2n) is 6.56. The van der Waals surface area contributed by atoms with E-state index in [1.165, 1.54) is 17.3 Å². The van der Waals surface area contributed by atoms with Gasteiger partial charge in [-0.1, -0.05) is 78.0 Å². The molecule has 0 saturated carbocycles. The molecule has 1 heterocycles. The Kier molecular flexibility index (Phi) is 6.66. The maximum absolute atomic E-state index is 12.4. The zero-order valence-corrected chi connectivity index (χ0v) is 16.9. The van der Waals surface area contributed by atoms with Crippen LogP contribution in [0, 0.1) is 6.92 Å². The standard InChI is InChI=1S/C22H24N4OS/c1-4-14-26-21(19-12-10-16(2)11-13-19)24-25-22(26)28-15-20(27)23-17(3)18-8-6-5-7-9-18/h4-13,17H,1,14-15H2,2-3H3,(H,23,27)/t17-/m0/s1. The van der Waals surface area contributed by atoms with Crippen LogP contribution in [0.2, 0.25) is 0 Å². The summed E-state index contributed by atoms with van der Waals surface area (Å²) in [7, 11) is 0. The van der Waals surface area contributed by atoms with Crippen LogP contribution in [0.5, 0.6) is 0 Å². The number of carbonyl (C=O) groups is 1. The largest absolute Gasteiger partial charge is 0.349 e. The Balaban J connectivity index is 1.67. The summed E-state index contributed by atoms with van der Waals surface area (Å²) < 4.78 is 1.98. The van der Waals surface area contributed by atoms with Crippen molar-refractivity contribution in [2.24, 2.45) is 0 Å². The normalized spacial score (nSPS) is 11.8. The van der Waals surface area contributed by atoms with Gasteiger partial charge in [-0.2, -0.15) is 0 Å². The number of carbonyl (C=O) groups excluding carboxylic acids is 1. The molecule has 0 radical (unpaired) electrons. The van der Waals surface area contributed by atoms with E-state index in [-0.39, 0.29) is 17.7 Å². The average molecular weight is 393 g/mol. The highest BCUT2D eigenvalue weighted by molar-refractivity contribution is 7.99. The van der Waals surface area contributed by atoms with Gasteiger partial charge in [-0.15, -0.1) is 16.8 Å². The smallest absolute Gasteiger partial charge is 0.230 e. The molecule has 6 heteroatoms. The van der Waals surface area contributed by atoms with Crippen molar-refractivity contribution in [1.82, 2.24) is 20.1 Å². The summed E-state index contributed by atoms with van der Waals surface area (Å²) in [4.78, 5) is 12.4. The lowest BCUT2D eigenvalue weighted by molar-refractivity contribution is -0.119. The van der Waals surface area contributed by atoms with Crippen molar-refractivity contribution in [2.75, 3.05) is 5.75 Å². The fourth-order valence-electron chi connectivity index (χ4n) is 2.84. The quantitative estimate of drug-likeness (QED) is 0.456. The molecule has 0 aliphatic heterocycles. The molecular weight excluding hydrogens is 368 g/mol. The van der Waals surface area contributed by atoms with Crippen LogP contribution < -0.4 is 5.32 Å². The average Bonchev–Trinajstić information content (AvgIpc) is 3.10. The van der Waals surface area contributed by atoms with Crippen molar-refractivity contribution in [3.63, 3.8) is 0 Å². The number of hydrogen-bond donors (Lipinski definition) is 1. The predicted octanol–water partition coefficient (Wildman–Crippen LogP) is 4.41. The van der Waals surface area contributed by atoms with Crippen LogP contribution in [0.15, 0.2) is 72.4 Å². The van der Waals surface area contributed by atoms with E-state index in [0.29, 0.717) is 11.7 Å². The Labute approximate surface area is 169 Å². The third-order valence-electron chi connectivity index (χ3n) is 4.35. The van der Waals surface area contributed by atoms with E-state index in [2.05, 4.69) is 29.0 Å². The third-order valence-corrected chi connectivity index (χ3v) is 5.31. The molecule has 0 saturated heterocycles. The van der Waals surface area contributed by atoms with Crippen LogP contribution >= 0.6 is 11.8 Å². The van der Waals surface area contributed by atoms with Gasteiger partial charge in [0.15, 0.2) is 11.0 Å². The van der Waals surface area contributed by atoms with Crippen molar-refractivity contribution in [3.8, 4) is 11.4 Å². The first-order valence-electron chi connectivity index (χ1n) is 9.16. The molecule has 28 heavy (non-hydrogen) atoms. The first-order chi connectivity index (χ1) is 13.6. The lowest BCUT2D eigenvalue weighted by Gasteiger charge is -2.14. The summed E-state index contributed by atoms with van der Waals surface area (Å²) in [6.45, 7) is 8.44. The molecule has 0 bridgehead atoms. The number of amides is 1. The molecule has 0 fully saturated rings. The van der Waals surface area contributed by atoms with E-state index < -0.39 is 0 Å². The molecule has 0 spiro atoms. The Bertz CT molecular complexity index is 935. The molecule has 1 N–H and O–H groups in total. The van der Waals surface area contributed by atoms with E-state index in [4.69, 9.17) is 0 Å². The Morgan fingerprint density at radius 2 is 1.89 bits per heavy atom. The SMILES string of the molecule is C=CCn1c(SCC(=O)N[C@@H](C)c2ccccc2)nnc1-c1ccc(C)cc1. The number of allylic oxidation sites excluding steroid dienone is 1. The van der Waals surface area contributed by atoms with E-state index in [1.54, 1.807) is 0 Å². The van der Waals surface area contributed by atoms with E-state index in [1.807, 2.05) is 72.2 Å². The highest BCUT2D eigenvalue weighted by Crippen LogP contribution is 2.24. The number of thioether (sulfide) groups is 1. The molecule has 0 aliphatic carbocycles. The van der Waals surface area contributed by atoms with Gasteiger partial charge in [-0.25, -0.2) is 0 Å². The number of hydrogen-bond acceptors (Lipinski definition) is 4. The summed E-state index contributed by atoms with van der Waals surface area (Å²) in [5.74, 6) is 1.02. The van der Waals surface area contributed by atoms with Crippen molar-refractivity contribution >= 4 is 17.7 Å². The van der Waals surface area contributed by atoms with Gasteiger partial charge in [0.05, 0.1) is 11.8 Å². The number of nitrogens with one attached hydrogen (secondary N) is 1. The van der Waals surface area contributed by atoms with Gasteiger partial charge >= 0.3 is 0 Å². The van der Waals surface area contributed by atoms with Gasteiger partial charge in [-0.3, -0.25) is 9.36 Å². The molecule has 2 aromatic carbocycles. The summed E-state index contributed by atoms with van der Waals surface area (Å²) in [5.41, 5.74) is 3.27. The first kappa shape index (κ1) is 19.9. The van der Waals surface area contributed by atoms with Crippen molar-refractivity contribution < 1.29 is 4.79 Å². The molecule has 3 rings (SSSR count). The van der Waals surface area contributed by atoms with E-state index >= 15 is 0 Å². The molecular formula is C22H24N4OS. The third kappa shape index (κ3) is 4.89. The second kappa shape index (κ2) is 9.37. The monoisotopic (exact) mass is 392 g/mol. The lowest BCUT2D eigenvalue weighted by Crippen LogP contribution is -2.28. The summed E-state index contributed by atoms with van der Waals surface area (Å²) >= 11 is 1.38. The Hall–Kier alpha value is -2.86. The number of rotatable bonds is 8. The molecule has 0 unspecified atom stereocenters. The number of benzene rings is 2. The van der Waals surface area contributed by atoms with Crippen LogP contribution in [0.4, 0.5) is 0 Å². The lowest BCUT2D eigenvalue weighted by atomic mass is 10.1. The maximum atomic E-state index is 12.4. The van der Waals surface area contributed by atoms with Gasteiger partial charge < -0.3 is 5.32 Å².